The number of carboxylic acids is 1. The number of aliphatic carboxylic acids is 1. The Bertz CT molecular complexity index is 421. The quantitative estimate of drug-likeness (QED) is 0.196. The summed E-state index contributed by atoms with van der Waals surface area (Å²) in [5.41, 5.74) is -0.937. The van der Waals surface area contributed by atoms with E-state index in [9.17, 15) is 14.7 Å². The van der Waals surface area contributed by atoms with E-state index < -0.39 is 33.8 Å². The zero-order valence-corrected chi connectivity index (χ0v) is 15.5. The third-order valence-corrected chi connectivity index (χ3v) is 2.03. The monoisotopic (exact) mass is 423 g/mol. The molecule has 126 valence electrons. The first-order valence-electron chi connectivity index (χ1n) is 5.29. The van der Waals surface area contributed by atoms with Crippen LogP contribution < -0.4 is 5.32 Å². The van der Waals surface area contributed by atoms with E-state index in [1.165, 1.54) is 13.8 Å². The van der Waals surface area contributed by atoms with Crippen LogP contribution >= 0.6 is 0 Å². The fourth-order valence-electron chi connectivity index (χ4n) is 0.831. The smallest absolute Gasteiger partial charge is 0 e. The van der Waals surface area contributed by atoms with Crippen LogP contribution in [0.5, 0.6) is 0 Å². The van der Waals surface area contributed by atoms with Crippen LogP contribution in [-0.2, 0) is 39.5 Å². The van der Waals surface area contributed by atoms with Crippen LogP contribution in [0.3, 0.4) is 0 Å². The number of hydrogen-bond donors (Lipinski definition) is 6. The average Bonchev–Trinajstić information content (AvgIpc) is 2.25. The van der Waals surface area contributed by atoms with Gasteiger partial charge in [-0.05, 0) is 0 Å². The molecule has 10 nitrogen and oxygen atoms in total. The van der Waals surface area contributed by atoms with Gasteiger partial charge in [-0.25, -0.2) is 0 Å². The van der Waals surface area contributed by atoms with Gasteiger partial charge in [0.2, 0.25) is 5.91 Å². The fraction of sp³-hybridized carbons (Fsp3) is 0.778. The largest absolute Gasteiger partial charge is 0 e. The first-order chi connectivity index (χ1) is 8.81. The van der Waals surface area contributed by atoms with Gasteiger partial charge in [0, 0.05) is 31.4 Å². The van der Waals surface area contributed by atoms with Crippen molar-refractivity contribution in [1.29, 1.82) is 0 Å². The Balaban J connectivity index is -0.000000201. The van der Waals surface area contributed by atoms with Crippen molar-refractivity contribution >= 4 is 60.0 Å². The van der Waals surface area contributed by atoms with Crippen molar-refractivity contribution in [1.82, 2.24) is 5.32 Å². The van der Waals surface area contributed by atoms with E-state index in [2.05, 4.69) is 5.32 Å². The van der Waals surface area contributed by atoms with Gasteiger partial charge >= 0.3 is 54.1 Å². The number of hydrogen-bond acceptors (Lipinski definition) is 6. The molecule has 22 heavy (non-hydrogen) atoms. The number of carbonyl (C=O) groups is 2. The normalized spacial score (nSPS) is 11.7. The Kier molecular flexibility index (Phi) is 19.4. The molecule has 0 aliphatic carbocycles. The molecule has 1 amide bonds. The summed E-state index contributed by atoms with van der Waals surface area (Å²) >= 11 is 0. The fourth-order valence-corrected chi connectivity index (χ4v) is 0.831. The standard InChI is InChI=1S/C9H17NO5.Ca.H2O4S.Zn.2H/c1-9(2,5-11)7(14)8(15)10-4-3-6(12)13;;1-5(2,3)4;;;/h7,11,14H,3-5H2,1-2H3,(H,10,15)(H,12,13);;(H2,1,2,3,4);;;. The van der Waals surface area contributed by atoms with E-state index in [1.54, 1.807) is 0 Å². The van der Waals surface area contributed by atoms with Gasteiger partial charge in [-0.2, -0.15) is 8.42 Å². The van der Waals surface area contributed by atoms with E-state index in [0.29, 0.717) is 0 Å². The molecule has 13 heteroatoms. The molecular formula is C9H21CaNO9SZn. The molecule has 1 atom stereocenters. The van der Waals surface area contributed by atoms with Crippen molar-refractivity contribution in [2.75, 3.05) is 13.2 Å². The molecule has 1 unspecified atom stereocenters. The van der Waals surface area contributed by atoms with Gasteiger partial charge in [0.05, 0.1) is 13.0 Å². The van der Waals surface area contributed by atoms with E-state index in [1.807, 2.05) is 0 Å². The molecule has 6 N–H and O–H groups in total. The Labute approximate surface area is 171 Å². The van der Waals surface area contributed by atoms with Gasteiger partial charge in [0.15, 0.2) is 0 Å². The van der Waals surface area contributed by atoms with E-state index >= 15 is 0 Å². The summed E-state index contributed by atoms with van der Waals surface area (Å²) in [6, 6.07) is 0. The summed E-state index contributed by atoms with van der Waals surface area (Å²) in [5.74, 6) is -1.69. The summed E-state index contributed by atoms with van der Waals surface area (Å²) < 4.78 is 31.6. The maximum Gasteiger partial charge on any atom is 0 e. The number of aliphatic hydroxyl groups excluding tert-OH is 2. The number of rotatable bonds is 6. The maximum absolute atomic E-state index is 11.3. The Morgan fingerprint density at radius 2 is 1.59 bits per heavy atom. The van der Waals surface area contributed by atoms with Gasteiger partial charge in [-0.3, -0.25) is 18.7 Å². The third-order valence-electron chi connectivity index (χ3n) is 2.03. The van der Waals surface area contributed by atoms with Crippen molar-refractivity contribution in [3.05, 3.63) is 0 Å². The van der Waals surface area contributed by atoms with Gasteiger partial charge in [-0.1, -0.05) is 13.8 Å². The van der Waals surface area contributed by atoms with Crippen molar-refractivity contribution in [3.8, 4) is 0 Å². The molecule has 0 aromatic rings. The topological polar surface area (TPSA) is 181 Å². The second-order valence-electron chi connectivity index (χ2n) is 4.43. The van der Waals surface area contributed by atoms with Gasteiger partial charge in [0.25, 0.3) is 0 Å². The van der Waals surface area contributed by atoms with E-state index in [4.69, 9.17) is 27.7 Å². The zero-order valence-electron chi connectivity index (χ0n) is 11.7. The van der Waals surface area contributed by atoms with Crippen LogP contribution in [0.1, 0.15) is 20.3 Å². The molecule has 0 saturated carbocycles. The number of carboxylic acid groups (broad SMARTS) is 1. The summed E-state index contributed by atoms with van der Waals surface area (Å²) in [4.78, 5) is 21.4. The predicted molar refractivity (Wildman–Crippen MR) is 74.9 cm³/mol. The molecule has 0 spiro atoms. The summed E-state index contributed by atoms with van der Waals surface area (Å²) in [6.45, 7) is 2.70. The summed E-state index contributed by atoms with van der Waals surface area (Å²) in [5, 5.41) is 29.0. The molecule has 0 aromatic carbocycles. The van der Waals surface area contributed by atoms with Crippen LogP contribution in [0.4, 0.5) is 0 Å². The SMILES string of the molecule is CC(C)(CO)C(O)C(=O)NCCC(=O)O.O=S(=O)(O)O.[CaH2].[Zn]. The maximum atomic E-state index is 11.3. The van der Waals surface area contributed by atoms with Crippen LogP contribution in [0.2, 0.25) is 0 Å². The number of amides is 1. The van der Waals surface area contributed by atoms with E-state index in [-0.39, 0.29) is 76.8 Å². The molecule has 0 bridgehead atoms. The molecule has 0 aliphatic heterocycles. The number of aliphatic hydroxyl groups is 2. The van der Waals surface area contributed by atoms with Crippen LogP contribution in [0.15, 0.2) is 0 Å². The van der Waals surface area contributed by atoms with Gasteiger partial charge < -0.3 is 20.6 Å². The average molecular weight is 425 g/mol. The second-order valence-corrected chi connectivity index (χ2v) is 5.33. The van der Waals surface area contributed by atoms with Crippen LogP contribution in [-0.4, -0.2) is 102 Å². The van der Waals surface area contributed by atoms with Crippen LogP contribution in [0, 0.1) is 5.41 Å². The minimum absolute atomic E-state index is 0. The Morgan fingerprint density at radius 1 is 1.23 bits per heavy atom. The molecule has 0 rings (SSSR count). The van der Waals surface area contributed by atoms with Crippen molar-refractivity contribution in [3.63, 3.8) is 0 Å². The molecule has 0 saturated heterocycles. The Morgan fingerprint density at radius 3 is 1.86 bits per heavy atom. The Hall–Kier alpha value is 0.613. The molecule has 0 heterocycles. The molecular weight excluding hydrogens is 404 g/mol. The predicted octanol–water partition coefficient (Wildman–Crippen LogP) is -2.61. The first-order valence-corrected chi connectivity index (χ1v) is 6.69. The van der Waals surface area contributed by atoms with E-state index in [0.717, 1.165) is 0 Å². The second kappa shape index (κ2) is 14.0. The number of carbonyl (C=O) groups excluding carboxylic acids is 1. The van der Waals surface area contributed by atoms with Crippen molar-refractivity contribution in [2.24, 2.45) is 5.41 Å². The summed E-state index contributed by atoms with van der Waals surface area (Å²) in [6.07, 6.45) is -1.55. The molecule has 0 fully saturated rings. The molecule has 0 radical (unpaired) electrons. The van der Waals surface area contributed by atoms with Crippen LogP contribution in [0.25, 0.3) is 0 Å². The minimum Gasteiger partial charge on any atom is 0 e. The van der Waals surface area contributed by atoms with Gasteiger partial charge in [-0.15, -0.1) is 0 Å². The first kappa shape index (κ1) is 30.5. The molecule has 0 aromatic heterocycles. The minimum atomic E-state index is -4.67. The third kappa shape index (κ3) is 20.6. The molecule has 0 aliphatic rings. The van der Waals surface area contributed by atoms with Gasteiger partial charge in [0.1, 0.15) is 6.10 Å². The van der Waals surface area contributed by atoms with Crippen molar-refractivity contribution in [2.45, 2.75) is 26.4 Å². The number of nitrogens with one attached hydrogen (secondary N) is 1. The summed E-state index contributed by atoms with van der Waals surface area (Å²) in [7, 11) is -4.67. The zero-order chi connectivity index (χ0) is 16.6. The van der Waals surface area contributed by atoms with Crippen molar-refractivity contribution < 1.29 is 61.9 Å².